The molecule has 1 heterocycles. The topological polar surface area (TPSA) is 119 Å². The van der Waals surface area contributed by atoms with Gasteiger partial charge in [-0.2, -0.15) is 4.31 Å². The first kappa shape index (κ1) is 26.9. The first-order chi connectivity index (χ1) is 15.5. The normalized spacial score (nSPS) is 21.8. The minimum Gasteiger partial charge on any atom is -0.487 e. The molecule has 1 aromatic rings. The number of urea groups is 1. The maximum atomic E-state index is 13.4. The lowest BCUT2D eigenvalue weighted by molar-refractivity contribution is 0.0812. The molecule has 2 amide bonds. The van der Waals surface area contributed by atoms with Crippen LogP contribution in [0.1, 0.15) is 39.7 Å². The molecule has 184 valence electrons. The highest BCUT2D eigenvalue weighted by Gasteiger charge is 2.38. The highest BCUT2D eigenvalue weighted by molar-refractivity contribution is 7.89. The van der Waals surface area contributed by atoms with Crippen LogP contribution in [-0.2, 0) is 10.0 Å². The van der Waals surface area contributed by atoms with Crippen LogP contribution in [0.2, 0.25) is 0 Å². The van der Waals surface area contributed by atoms with Gasteiger partial charge in [-0.3, -0.25) is 0 Å². The van der Waals surface area contributed by atoms with E-state index in [0.717, 1.165) is 6.42 Å². The van der Waals surface area contributed by atoms with Crippen molar-refractivity contribution >= 4 is 16.1 Å². The van der Waals surface area contributed by atoms with Gasteiger partial charge in [0.25, 0.3) is 0 Å². The largest absolute Gasteiger partial charge is 0.487 e. The Bertz CT molecular complexity index is 986. The number of likely N-dealkylation sites (N-methyl/N-ethyl adjacent to an activating group) is 1. The summed E-state index contributed by atoms with van der Waals surface area (Å²) < 4.78 is 34.4. The number of amides is 2. The molecule has 9 nitrogen and oxygen atoms in total. The van der Waals surface area contributed by atoms with E-state index >= 15 is 0 Å². The molecule has 0 fully saturated rings. The van der Waals surface area contributed by atoms with Gasteiger partial charge in [-0.1, -0.05) is 25.7 Å². The van der Waals surface area contributed by atoms with E-state index in [1.165, 1.54) is 28.3 Å². The first-order valence-electron chi connectivity index (χ1n) is 11.1. The number of sulfonamides is 1. The molecule has 0 aliphatic carbocycles. The van der Waals surface area contributed by atoms with E-state index in [1.54, 1.807) is 20.0 Å². The third kappa shape index (κ3) is 6.84. The van der Waals surface area contributed by atoms with Gasteiger partial charge in [-0.25, -0.2) is 13.2 Å². The number of nitrogens with one attached hydrogen (secondary N) is 1. The molecule has 0 saturated carbocycles. The van der Waals surface area contributed by atoms with Crippen molar-refractivity contribution in [2.24, 2.45) is 5.92 Å². The number of fused-ring (bicyclic) bond motifs is 1. The number of nitrogens with zero attached hydrogens (tertiary/aromatic N) is 2. The summed E-state index contributed by atoms with van der Waals surface area (Å²) in [5.74, 6) is 5.29. The van der Waals surface area contributed by atoms with E-state index in [2.05, 4.69) is 17.2 Å². The van der Waals surface area contributed by atoms with Crippen LogP contribution in [0.3, 0.4) is 0 Å². The van der Waals surface area contributed by atoms with Gasteiger partial charge >= 0.3 is 6.03 Å². The molecule has 10 heteroatoms. The molecule has 0 spiro atoms. The van der Waals surface area contributed by atoms with Crippen LogP contribution in [0, 0.1) is 17.8 Å². The van der Waals surface area contributed by atoms with Crippen LogP contribution in [0.4, 0.5) is 4.79 Å². The van der Waals surface area contributed by atoms with Gasteiger partial charge in [0.2, 0.25) is 10.0 Å². The number of ether oxygens (including phenoxy) is 1. The highest BCUT2D eigenvalue weighted by atomic mass is 32.2. The molecule has 2 rings (SSSR count). The van der Waals surface area contributed by atoms with Crippen molar-refractivity contribution in [2.45, 2.75) is 57.3 Å². The lowest BCUT2D eigenvalue weighted by Gasteiger charge is -2.37. The van der Waals surface area contributed by atoms with Crippen molar-refractivity contribution in [2.75, 3.05) is 33.3 Å². The summed E-state index contributed by atoms with van der Waals surface area (Å²) in [5, 5.41) is 22.0. The van der Waals surface area contributed by atoms with Crippen molar-refractivity contribution < 1.29 is 28.2 Å². The van der Waals surface area contributed by atoms with Crippen molar-refractivity contribution in [1.82, 2.24) is 14.5 Å². The monoisotopic (exact) mass is 481 g/mol. The van der Waals surface area contributed by atoms with Crippen molar-refractivity contribution in [3.05, 3.63) is 23.8 Å². The molecule has 1 aliphatic rings. The van der Waals surface area contributed by atoms with Crippen LogP contribution in [0.25, 0.3) is 0 Å². The smallest absolute Gasteiger partial charge is 0.317 e. The van der Waals surface area contributed by atoms with Crippen LogP contribution < -0.4 is 10.1 Å². The second-order valence-corrected chi connectivity index (χ2v) is 10.3. The van der Waals surface area contributed by atoms with E-state index in [9.17, 15) is 23.4 Å². The summed E-state index contributed by atoms with van der Waals surface area (Å²) in [4.78, 5) is 13.9. The molecule has 0 unspecified atom stereocenters. The second-order valence-electron chi connectivity index (χ2n) is 8.46. The lowest BCUT2D eigenvalue weighted by Crippen LogP contribution is -2.51. The molecular formula is C23H35N3O6S. The Hall–Kier alpha value is -2.32. The minimum atomic E-state index is -3.96. The van der Waals surface area contributed by atoms with Crippen molar-refractivity contribution in [3.63, 3.8) is 0 Å². The Morgan fingerprint density at radius 2 is 2.09 bits per heavy atom. The number of rotatable bonds is 6. The van der Waals surface area contributed by atoms with E-state index in [4.69, 9.17) is 4.74 Å². The summed E-state index contributed by atoms with van der Waals surface area (Å²) in [6, 6.07) is 3.65. The van der Waals surface area contributed by atoms with E-state index in [1.807, 2.05) is 13.8 Å². The molecule has 3 N–H and O–H groups in total. The average Bonchev–Trinajstić information content (AvgIpc) is 2.77. The van der Waals surface area contributed by atoms with Gasteiger partial charge < -0.3 is 25.2 Å². The summed E-state index contributed by atoms with van der Waals surface area (Å²) in [7, 11) is -2.29. The maximum absolute atomic E-state index is 13.4. The molecule has 0 aromatic heterocycles. The fraction of sp³-hybridized carbons (Fsp3) is 0.609. The van der Waals surface area contributed by atoms with Crippen LogP contribution >= 0.6 is 0 Å². The molecule has 0 radical (unpaired) electrons. The minimum absolute atomic E-state index is 0.0274. The molecule has 0 saturated heterocycles. The number of aliphatic hydroxyl groups excluding tert-OH is 2. The van der Waals surface area contributed by atoms with Crippen LogP contribution in [0.15, 0.2) is 23.1 Å². The zero-order chi connectivity index (χ0) is 24.8. The lowest BCUT2D eigenvalue weighted by atomic mass is 10.0. The number of hydrogen-bond acceptors (Lipinski definition) is 6. The number of carbonyl (C=O) groups excluding carboxylic acids is 1. The van der Waals surface area contributed by atoms with E-state index in [-0.39, 0.29) is 42.3 Å². The second kappa shape index (κ2) is 11.7. The molecular weight excluding hydrogens is 446 g/mol. The summed E-state index contributed by atoms with van der Waals surface area (Å²) in [6.07, 6.45) is -0.531. The van der Waals surface area contributed by atoms with E-state index in [0.29, 0.717) is 12.1 Å². The Labute approximate surface area is 196 Å². The van der Waals surface area contributed by atoms with Gasteiger partial charge in [-0.15, -0.1) is 0 Å². The molecule has 1 aromatic carbocycles. The average molecular weight is 482 g/mol. The summed E-state index contributed by atoms with van der Waals surface area (Å²) in [6.45, 7) is 7.59. The quantitative estimate of drug-likeness (QED) is 0.526. The Balaban J connectivity index is 2.51. The summed E-state index contributed by atoms with van der Waals surface area (Å²) >= 11 is 0. The van der Waals surface area contributed by atoms with Gasteiger partial charge in [0.1, 0.15) is 22.9 Å². The van der Waals surface area contributed by atoms with Crippen molar-refractivity contribution in [3.8, 4) is 17.6 Å². The first-order valence-corrected chi connectivity index (χ1v) is 12.6. The number of carbonyl (C=O) groups is 1. The molecule has 0 bridgehead atoms. The molecule has 1 aliphatic heterocycles. The van der Waals surface area contributed by atoms with Gasteiger partial charge in [0, 0.05) is 37.7 Å². The number of benzene rings is 1. The Morgan fingerprint density at radius 1 is 1.39 bits per heavy atom. The molecule has 33 heavy (non-hydrogen) atoms. The summed E-state index contributed by atoms with van der Waals surface area (Å²) in [5.41, 5.74) is 0.493. The Morgan fingerprint density at radius 3 is 2.70 bits per heavy atom. The fourth-order valence-corrected chi connectivity index (χ4v) is 5.25. The third-order valence-electron chi connectivity index (χ3n) is 5.42. The predicted octanol–water partition coefficient (Wildman–Crippen LogP) is 1.24. The molecule has 4 atom stereocenters. The SMILES string of the molecule is CCCNC(=O)N(C)C[C@@H]1Oc2cc(C#C[C@H](C)O)ccc2S(=O)(=O)N([C@H](C)CO)C[C@@H]1C. The zero-order valence-electron chi connectivity index (χ0n) is 19.9. The van der Waals surface area contributed by atoms with Gasteiger partial charge in [0.15, 0.2) is 0 Å². The van der Waals surface area contributed by atoms with Gasteiger partial charge in [-0.05, 0) is 38.5 Å². The van der Waals surface area contributed by atoms with E-state index < -0.39 is 28.3 Å². The number of aliphatic hydroxyl groups is 2. The predicted molar refractivity (Wildman–Crippen MR) is 125 cm³/mol. The standard InChI is InChI=1S/C23H35N3O6S/c1-6-11-24-23(29)25(5)14-21-16(2)13-26(17(3)15-27)33(30,31)22-10-9-19(8-7-18(4)28)12-20(22)32-21/h9-10,12,16-18,21,27-28H,6,11,13-15H2,1-5H3,(H,24,29)/t16-,17+,18-,21-/m0/s1. The maximum Gasteiger partial charge on any atom is 0.317 e. The highest BCUT2D eigenvalue weighted by Crippen LogP contribution is 2.34. The third-order valence-corrected chi connectivity index (χ3v) is 7.44. The number of hydrogen-bond donors (Lipinski definition) is 3. The van der Waals surface area contributed by atoms with Crippen LogP contribution in [0.5, 0.6) is 5.75 Å². The zero-order valence-corrected chi connectivity index (χ0v) is 20.7. The van der Waals surface area contributed by atoms with Crippen LogP contribution in [-0.4, -0.2) is 85.4 Å². The fourth-order valence-electron chi connectivity index (χ4n) is 3.43. The van der Waals surface area contributed by atoms with Gasteiger partial charge in [0.05, 0.1) is 13.2 Å². The Kier molecular flexibility index (Phi) is 9.55. The van der Waals surface area contributed by atoms with Crippen molar-refractivity contribution in [1.29, 1.82) is 0 Å².